The molecular weight excluding hydrogens is 400 g/mol. The maximum Gasteiger partial charge on any atom is 0.253 e. The van der Waals surface area contributed by atoms with Gasteiger partial charge >= 0.3 is 0 Å². The van der Waals surface area contributed by atoms with Crippen LogP contribution in [0.1, 0.15) is 64.6 Å². The van der Waals surface area contributed by atoms with E-state index in [1.165, 1.54) is 25.9 Å². The molecule has 2 aromatic rings. The molecule has 1 aromatic carbocycles. The van der Waals surface area contributed by atoms with Gasteiger partial charge in [0.15, 0.2) is 0 Å². The van der Waals surface area contributed by atoms with E-state index in [9.17, 15) is 9.59 Å². The van der Waals surface area contributed by atoms with Crippen LogP contribution in [0.4, 0.5) is 0 Å². The highest BCUT2D eigenvalue weighted by molar-refractivity contribution is 5.97. The molecule has 170 valence electrons. The highest BCUT2D eigenvalue weighted by Gasteiger charge is 2.29. The fourth-order valence-electron chi connectivity index (χ4n) is 4.92. The predicted molar refractivity (Wildman–Crippen MR) is 125 cm³/mol. The summed E-state index contributed by atoms with van der Waals surface area (Å²) in [6, 6.07) is 11.4. The Hall–Kier alpha value is -2.73. The molecule has 3 heterocycles. The number of amides is 2. The summed E-state index contributed by atoms with van der Waals surface area (Å²) in [7, 11) is 0. The van der Waals surface area contributed by atoms with E-state index in [0.717, 1.165) is 43.1 Å². The zero-order chi connectivity index (χ0) is 22.5. The van der Waals surface area contributed by atoms with Crippen LogP contribution < -0.4 is 5.32 Å². The summed E-state index contributed by atoms with van der Waals surface area (Å²) >= 11 is 0. The minimum Gasteiger partial charge on any atom is -0.348 e. The van der Waals surface area contributed by atoms with Crippen molar-refractivity contribution in [2.45, 2.75) is 52.1 Å². The van der Waals surface area contributed by atoms with E-state index in [1.54, 1.807) is 30.5 Å². The van der Waals surface area contributed by atoms with E-state index < -0.39 is 0 Å². The molecule has 1 aromatic heterocycles. The van der Waals surface area contributed by atoms with Gasteiger partial charge in [0.1, 0.15) is 0 Å². The third kappa shape index (κ3) is 5.36. The van der Waals surface area contributed by atoms with E-state index in [0.29, 0.717) is 23.7 Å². The number of aromatic nitrogens is 1. The summed E-state index contributed by atoms with van der Waals surface area (Å²) in [4.78, 5) is 34.3. The Morgan fingerprint density at radius 2 is 1.75 bits per heavy atom. The Morgan fingerprint density at radius 1 is 1.03 bits per heavy atom. The smallest absolute Gasteiger partial charge is 0.253 e. The molecule has 2 aliphatic heterocycles. The Bertz CT molecular complexity index is 935. The Labute approximate surface area is 191 Å². The summed E-state index contributed by atoms with van der Waals surface area (Å²) in [6.07, 6.45) is 6.47. The maximum absolute atomic E-state index is 13.0. The third-order valence-corrected chi connectivity index (χ3v) is 6.91. The van der Waals surface area contributed by atoms with Crippen LogP contribution in [-0.2, 0) is 6.54 Å². The molecule has 0 unspecified atom stereocenters. The molecular formula is C26H34N4O2. The zero-order valence-electron chi connectivity index (χ0n) is 19.2. The van der Waals surface area contributed by atoms with Crippen molar-refractivity contribution in [2.24, 2.45) is 5.92 Å². The molecule has 2 saturated heterocycles. The number of rotatable bonds is 5. The van der Waals surface area contributed by atoms with Gasteiger partial charge < -0.3 is 10.2 Å². The van der Waals surface area contributed by atoms with Gasteiger partial charge in [0.2, 0.25) is 0 Å². The fraction of sp³-hybridized carbons (Fsp3) is 0.500. The number of hydrogen-bond acceptors (Lipinski definition) is 4. The minimum absolute atomic E-state index is 0.0633. The average molecular weight is 435 g/mol. The highest BCUT2D eigenvalue weighted by Crippen LogP contribution is 2.24. The predicted octanol–water partition coefficient (Wildman–Crippen LogP) is 3.66. The molecule has 6 nitrogen and oxygen atoms in total. The minimum atomic E-state index is -0.149. The molecule has 4 rings (SSSR count). The van der Waals surface area contributed by atoms with E-state index in [4.69, 9.17) is 0 Å². The fourth-order valence-corrected chi connectivity index (χ4v) is 4.92. The number of nitrogens with one attached hydrogen (secondary N) is 1. The lowest BCUT2D eigenvalue weighted by molar-refractivity contribution is 0.0541. The van der Waals surface area contributed by atoms with Crippen LogP contribution >= 0.6 is 0 Å². The van der Waals surface area contributed by atoms with Crippen molar-refractivity contribution in [2.75, 3.05) is 26.2 Å². The van der Waals surface area contributed by atoms with Gasteiger partial charge in [-0.2, -0.15) is 0 Å². The van der Waals surface area contributed by atoms with E-state index in [1.807, 2.05) is 24.0 Å². The van der Waals surface area contributed by atoms with Crippen molar-refractivity contribution >= 4 is 11.8 Å². The lowest BCUT2D eigenvalue weighted by atomic mass is 9.95. The van der Waals surface area contributed by atoms with Gasteiger partial charge in [0, 0.05) is 55.2 Å². The first-order valence-electron chi connectivity index (χ1n) is 11.8. The van der Waals surface area contributed by atoms with Gasteiger partial charge in [-0.3, -0.25) is 19.5 Å². The normalized spacial score (nSPS) is 20.2. The van der Waals surface area contributed by atoms with Crippen LogP contribution in [-0.4, -0.2) is 58.8 Å². The average Bonchev–Trinajstić information content (AvgIpc) is 2.83. The molecule has 0 bridgehead atoms. The van der Waals surface area contributed by atoms with Crippen LogP contribution in [0.3, 0.4) is 0 Å². The number of hydrogen-bond donors (Lipinski definition) is 1. The molecule has 32 heavy (non-hydrogen) atoms. The van der Waals surface area contributed by atoms with Gasteiger partial charge in [0.05, 0.1) is 0 Å². The second-order valence-electron chi connectivity index (χ2n) is 9.27. The maximum atomic E-state index is 13.0. The standard InChI is InChI=1S/C26H34N4O2/c1-19-5-4-14-30(18-19)24-11-15-29(16-12-24)26(32)22-9-7-21(8-10-22)25(31)28-17-23-6-3-13-27-20(23)2/h3,6-10,13,19,24H,4-5,11-12,14-18H2,1-2H3,(H,28,31)/t19-/m1/s1. The lowest BCUT2D eigenvalue weighted by Crippen LogP contribution is -2.49. The van der Waals surface area contributed by atoms with Crippen LogP contribution in [0, 0.1) is 12.8 Å². The number of carbonyl (C=O) groups excluding carboxylic acids is 2. The van der Waals surface area contributed by atoms with E-state index >= 15 is 0 Å². The number of benzene rings is 1. The number of pyridine rings is 1. The second-order valence-corrected chi connectivity index (χ2v) is 9.27. The van der Waals surface area contributed by atoms with Gasteiger partial charge in [-0.1, -0.05) is 13.0 Å². The van der Waals surface area contributed by atoms with Gasteiger partial charge in [-0.05, 0) is 81.0 Å². The molecule has 2 aliphatic rings. The number of carbonyl (C=O) groups is 2. The second kappa shape index (κ2) is 10.3. The topological polar surface area (TPSA) is 65.5 Å². The summed E-state index contributed by atoms with van der Waals surface area (Å²) in [6.45, 7) is 8.72. The Kier molecular flexibility index (Phi) is 7.20. The van der Waals surface area contributed by atoms with Crippen molar-refractivity contribution in [3.63, 3.8) is 0 Å². The van der Waals surface area contributed by atoms with E-state index in [-0.39, 0.29) is 11.8 Å². The molecule has 2 fully saturated rings. The summed E-state index contributed by atoms with van der Waals surface area (Å²) < 4.78 is 0. The van der Waals surface area contributed by atoms with Crippen LogP contribution in [0.5, 0.6) is 0 Å². The summed E-state index contributed by atoms with van der Waals surface area (Å²) in [5.74, 6) is 0.699. The van der Waals surface area contributed by atoms with Crippen LogP contribution in [0.15, 0.2) is 42.6 Å². The van der Waals surface area contributed by atoms with Crippen molar-refractivity contribution in [1.82, 2.24) is 20.1 Å². The van der Waals surface area contributed by atoms with Gasteiger partial charge in [-0.25, -0.2) is 0 Å². The zero-order valence-corrected chi connectivity index (χ0v) is 19.2. The first-order chi connectivity index (χ1) is 15.5. The number of likely N-dealkylation sites (tertiary alicyclic amines) is 2. The third-order valence-electron chi connectivity index (χ3n) is 6.91. The molecule has 0 aliphatic carbocycles. The highest BCUT2D eigenvalue weighted by atomic mass is 16.2. The van der Waals surface area contributed by atoms with E-state index in [2.05, 4.69) is 22.1 Å². The van der Waals surface area contributed by atoms with Gasteiger partial charge in [0.25, 0.3) is 11.8 Å². The largest absolute Gasteiger partial charge is 0.348 e. The number of aryl methyl sites for hydroxylation is 1. The Balaban J connectivity index is 1.28. The lowest BCUT2D eigenvalue weighted by Gasteiger charge is -2.41. The summed E-state index contributed by atoms with van der Waals surface area (Å²) in [5, 5.41) is 2.93. The molecule has 1 N–H and O–H groups in total. The monoisotopic (exact) mass is 434 g/mol. The van der Waals surface area contributed by atoms with Crippen LogP contribution in [0.2, 0.25) is 0 Å². The SMILES string of the molecule is Cc1ncccc1CNC(=O)c1ccc(C(=O)N2CCC(N3CCC[C@@H](C)C3)CC2)cc1. The molecule has 0 spiro atoms. The Morgan fingerprint density at radius 3 is 2.44 bits per heavy atom. The molecule has 0 radical (unpaired) electrons. The first-order valence-corrected chi connectivity index (χ1v) is 11.8. The number of nitrogens with zero attached hydrogens (tertiary/aromatic N) is 3. The van der Waals surface area contributed by atoms with Crippen molar-refractivity contribution in [3.05, 3.63) is 65.0 Å². The molecule has 2 amide bonds. The van der Waals surface area contributed by atoms with Crippen molar-refractivity contribution in [1.29, 1.82) is 0 Å². The number of piperidine rings is 2. The van der Waals surface area contributed by atoms with Gasteiger partial charge in [-0.15, -0.1) is 0 Å². The molecule has 6 heteroatoms. The summed E-state index contributed by atoms with van der Waals surface area (Å²) in [5.41, 5.74) is 3.11. The van der Waals surface area contributed by atoms with Crippen molar-refractivity contribution < 1.29 is 9.59 Å². The first kappa shape index (κ1) is 22.5. The molecule has 0 saturated carbocycles. The van der Waals surface area contributed by atoms with Crippen LogP contribution in [0.25, 0.3) is 0 Å². The quantitative estimate of drug-likeness (QED) is 0.780. The van der Waals surface area contributed by atoms with Crippen molar-refractivity contribution in [3.8, 4) is 0 Å². The molecule has 1 atom stereocenters.